The number of H-pyrrole nitrogens is 1. The van der Waals surface area contributed by atoms with E-state index in [-0.39, 0.29) is 16.9 Å². The van der Waals surface area contributed by atoms with Gasteiger partial charge in [0.15, 0.2) is 5.69 Å². The van der Waals surface area contributed by atoms with Gasteiger partial charge in [0.25, 0.3) is 11.6 Å². The summed E-state index contributed by atoms with van der Waals surface area (Å²) in [6.07, 6.45) is 1.04. The van der Waals surface area contributed by atoms with Gasteiger partial charge in [-0.05, 0) is 13.0 Å². The number of rotatable bonds is 4. The molecule has 1 aromatic carbocycles. The summed E-state index contributed by atoms with van der Waals surface area (Å²) < 4.78 is 0. The topological polar surface area (TPSA) is 136 Å². The summed E-state index contributed by atoms with van der Waals surface area (Å²) in [5.41, 5.74) is 2.74. The Bertz CT molecular complexity index is 722. The van der Waals surface area contributed by atoms with Crippen molar-refractivity contribution in [1.82, 2.24) is 15.6 Å². The third kappa shape index (κ3) is 3.41. The molecule has 1 heterocycles. The lowest BCUT2D eigenvalue weighted by Crippen LogP contribution is -2.18. The largest absolute Gasteiger partial charge is 0.872 e. The Morgan fingerprint density at radius 1 is 1.48 bits per heavy atom. The summed E-state index contributed by atoms with van der Waals surface area (Å²) in [7, 11) is 0. The van der Waals surface area contributed by atoms with Crippen molar-refractivity contribution < 1.29 is 14.8 Å². The fourth-order valence-corrected chi connectivity index (χ4v) is 1.55. The zero-order valence-corrected chi connectivity index (χ0v) is 10.9. The number of hydrogen-bond acceptors (Lipinski definition) is 6. The second-order valence-electron chi connectivity index (χ2n) is 4.11. The van der Waals surface area contributed by atoms with Crippen LogP contribution in [0.2, 0.25) is 0 Å². The maximum absolute atomic E-state index is 11.6. The Morgan fingerprint density at radius 2 is 2.24 bits per heavy atom. The van der Waals surface area contributed by atoms with E-state index in [4.69, 9.17) is 0 Å². The number of nitro groups is 1. The first-order chi connectivity index (χ1) is 9.97. The molecule has 108 valence electrons. The summed E-state index contributed by atoms with van der Waals surface area (Å²) in [6, 6.07) is 4.75. The van der Waals surface area contributed by atoms with Crippen LogP contribution in [0.25, 0.3) is 0 Å². The van der Waals surface area contributed by atoms with Gasteiger partial charge < -0.3 is 5.11 Å². The fourth-order valence-electron chi connectivity index (χ4n) is 1.55. The van der Waals surface area contributed by atoms with Gasteiger partial charge in [-0.15, -0.1) is 5.75 Å². The van der Waals surface area contributed by atoms with Crippen molar-refractivity contribution in [3.8, 4) is 5.75 Å². The molecule has 0 saturated carbocycles. The number of hydrogen-bond donors (Lipinski definition) is 2. The van der Waals surface area contributed by atoms with Gasteiger partial charge in [-0.3, -0.25) is 20.0 Å². The Balaban J connectivity index is 2.13. The van der Waals surface area contributed by atoms with Crippen molar-refractivity contribution in [2.24, 2.45) is 5.10 Å². The monoisotopic (exact) mass is 288 g/mol. The van der Waals surface area contributed by atoms with Crippen molar-refractivity contribution in [1.29, 1.82) is 0 Å². The minimum absolute atomic E-state index is 0.00556. The third-order valence-corrected chi connectivity index (χ3v) is 2.50. The average molecular weight is 288 g/mol. The lowest BCUT2D eigenvalue weighted by atomic mass is 10.2. The first-order valence-electron chi connectivity index (χ1n) is 5.78. The molecule has 0 aliphatic heterocycles. The maximum atomic E-state index is 11.6. The normalized spacial score (nSPS) is 10.7. The quantitative estimate of drug-likeness (QED) is 0.478. The molecule has 9 nitrogen and oxygen atoms in total. The molecular weight excluding hydrogens is 278 g/mol. The third-order valence-electron chi connectivity index (χ3n) is 2.50. The minimum Gasteiger partial charge on any atom is -0.872 e. The second kappa shape index (κ2) is 5.82. The van der Waals surface area contributed by atoms with E-state index in [1.165, 1.54) is 6.07 Å². The van der Waals surface area contributed by atoms with Crippen LogP contribution in [0.3, 0.4) is 0 Å². The zero-order chi connectivity index (χ0) is 15.4. The molecule has 9 heteroatoms. The van der Waals surface area contributed by atoms with Gasteiger partial charge in [0.1, 0.15) is 0 Å². The van der Waals surface area contributed by atoms with E-state index in [0.717, 1.165) is 24.4 Å². The maximum Gasteiger partial charge on any atom is 0.291 e. The Hall–Kier alpha value is -3.23. The Morgan fingerprint density at radius 3 is 2.86 bits per heavy atom. The predicted molar refractivity (Wildman–Crippen MR) is 70.9 cm³/mol. The molecule has 0 radical (unpaired) electrons. The van der Waals surface area contributed by atoms with Crippen molar-refractivity contribution in [3.63, 3.8) is 0 Å². The molecule has 1 aromatic heterocycles. The van der Waals surface area contributed by atoms with Crippen molar-refractivity contribution >= 4 is 17.8 Å². The number of aryl methyl sites for hydroxylation is 1. The molecular formula is C12H10N5O4-. The number of amides is 1. The highest BCUT2D eigenvalue weighted by molar-refractivity contribution is 5.93. The molecule has 0 saturated heterocycles. The first kappa shape index (κ1) is 14.2. The van der Waals surface area contributed by atoms with Crippen molar-refractivity contribution in [2.45, 2.75) is 6.92 Å². The van der Waals surface area contributed by atoms with Crippen LogP contribution in [0.5, 0.6) is 5.75 Å². The van der Waals surface area contributed by atoms with E-state index in [0.29, 0.717) is 5.69 Å². The lowest BCUT2D eigenvalue weighted by Gasteiger charge is -2.05. The van der Waals surface area contributed by atoms with E-state index >= 15 is 0 Å². The highest BCUT2D eigenvalue weighted by Crippen LogP contribution is 2.19. The van der Waals surface area contributed by atoms with Gasteiger partial charge >= 0.3 is 0 Å². The number of hydrazone groups is 1. The summed E-state index contributed by atoms with van der Waals surface area (Å²) in [4.78, 5) is 21.8. The molecule has 2 aromatic rings. The smallest absolute Gasteiger partial charge is 0.291 e. The standard InChI is InChI=1S/C12H11N5O4/c1-7-4-10(15-14-7)12(19)16-13-6-8-5-9(18)2-3-11(8)17(20)21/h2-6,18H,1H3,(H,14,15)(H,16,19)/p-1/b13-6-. The summed E-state index contributed by atoms with van der Waals surface area (Å²) in [5, 5.41) is 31.9. The van der Waals surface area contributed by atoms with Crippen molar-refractivity contribution in [2.75, 3.05) is 0 Å². The summed E-state index contributed by atoms with van der Waals surface area (Å²) in [5.74, 6) is -0.965. The molecule has 0 atom stereocenters. The number of nitrogens with zero attached hydrogens (tertiary/aromatic N) is 3. The molecule has 2 rings (SSSR count). The van der Waals surface area contributed by atoms with Crippen LogP contribution in [0.15, 0.2) is 29.4 Å². The first-order valence-corrected chi connectivity index (χ1v) is 5.78. The second-order valence-corrected chi connectivity index (χ2v) is 4.11. The number of aromatic nitrogens is 2. The van der Waals surface area contributed by atoms with Gasteiger partial charge in [0, 0.05) is 11.8 Å². The number of nitro benzene ring substituents is 1. The van der Waals surface area contributed by atoms with E-state index in [2.05, 4.69) is 20.7 Å². The lowest BCUT2D eigenvalue weighted by molar-refractivity contribution is -0.385. The van der Waals surface area contributed by atoms with E-state index in [9.17, 15) is 20.0 Å². The van der Waals surface area contributed by atoms with Crippen LogP contribution in [0.1, 0.15) is 21.7 Å². The number of aromatic amines is 1. The van der Waals surface area contributed by atoms with Crippen LogP contribution >= 0.6 is 0 Å². The molecule has 0 spiro atoms. The van der Waals surface area contributed by atoms with Gasteiger partial charge in [-0.1, -0.05) is 12.1 Å². The van der Waals surface area contributed by atoms with Crippen LogP contribution in [-0.2, 0) is 0 Å². The summed E-state index contributed by atoms with van der Waals surface area (Å²) in [6.45, 7) is 1.73. The minimum atomic E-state index is -0.639. The van der Waals surface area contributed by atoms with E-state index in [1.54, 1.807) is 6.92 Å². The van der Waals surface area contributed by atoms with E-state index in [1.807, 2.05) is 0 Å². The highest BCUT2D eigenvalue weighted by Gasteiger charge is 2.11. The van der Waals surface area contributed by atoms with Gasteiger partial charge in [0.05, 0.1) is 16.7 Å². The Kier molecular flexibility index (Phi) is 3.93. The van der Waals surface area contributed by atoms with Crippen LogP contribution in [0.4, 0.5) is 5.69 Å². The van der Waals surface area contributed by atoms with E-state index < -0.39 is 16.6 Å². The van der Waals surface area contributed by atoms with Gasteiger partial charge in [0.2, 0.25) is 0 Å². The predicted octanol–water partition coefficient (Wildman–Crippen LogP) is 0.464. The highest BCUT2D eigenvalue weighted by atomic mass is 16.6. The molecule has 21 heavy (non-hydrogen) atoms. The molecule has 0 unspecified atom stereocenters. The molecule has 1 amide bonds. The van der Waals surface area contributed by atoms with Gasteiger partial charge in [-0.2, -0.15) is 10.2 Å². The average Bonchev–Trinajstić information content (AvgIpc) is 2.85. The Labute approximate surface area is 118 Å². The number of nitrogens with one attached hydrogen (secondary N) is 2. The molecule has 0 aliphatic rings. The van der Waals surface area contributed by atoms with Gasteiger partial charge in [-0.25, -0.2) is 5.43 Å². The number of carbonyl (C=O) groups is 1. The molecule has 0 bridgehead atoms. The van der Waals surface area contributed by atoms with Crippen molar-refractivity contribution in [3.05, 3.63) is 51.3 Å². The number of carbonyl (C=O) groups excluding carboxylic acids is 1. The SMILES string of the molecule is Cc1cc(C(=O)N/N=C\c2cc([O-])ccc2[N+](=O)[O-])n[nH]1. The molecule has 2 N–H and O–H groups in total. The van der Waals surface area contributed by atoms with Crippen LogP contribution < -0.4 is 10.5 Å². The summed E-state index contributed by atoms with van der Waals surface area (Å²) >= 11 is 0. The zero-order valence-electron chi connectivity index (χ0n) is 10.9. The fraction of sp³-hybridized carbons (Fsp3) is 0.0833. The number of benzene rings is 1. The molecule has 0 aliphatic carbocycles. The van der Waals surface area contributed by atoms with Crippen LogP contribution in [-0.4, -0.2) is 27.2 Å². The molecule has 0 fully saturated rings. The van der Waals surface area contributed by atoms with Crippen LogP contribution in [0, 0.1) is 17.0 Å².